The molecule has 2 atom stereocenters. The Labute approximate surface area is 160 Å². The number of amides is 1. The maximum atomic E-state index is 12.8. The lowest BCUT2D eigenvalue weighted by molar-refractivity contribution is -0.183. The van der Waals surface area contributed by atoms with Crippen molar-refractivity contribution in [2.45, 2.75) is 38.0 Å². The number of ether oxygens (including phenoxy) is 2. The molecule has 150 valence electrons. The Kier molecular flexibility index (Phi) is 6.46. The van der Waals surface area contributed by atoms with Crippen LogP contribution in [-0.4, -0.2) is 79.8 Å². The molecule has 0 saturated carbocycles. The highest BCUT2D eigenvalue weighted by Crippen LogP contribution is 2.40. The van der Waals surface area contributed by atoms with Crippen LogP contribution in [0.1, 0.15) is 31.4 Å². The zero-order chi connectivity index (χ0) is 19.4. The standard InChI is InChI=1S/C18H27N3O5S/c1-3-27(23,24)20-10-6-15(7-11-20)21-16(14-4-8-19-9-5-14)17(18(21)22)26-13-12-25-2/h4-5,8-9,15-17H,3,6-7,10-13H2,1-2H3. The van der Waals surface area contributed by atoms with Crippen LogP contribution in [0.25, 0.3) is 0 Å². The molecular weight excluding hydrogens is 370 g/mol. The average molecular weight is 397 g/mol. The molecule has 8 nitrogen and oxygen atoms in total. The molecule has 0 spiro atoms. The molecule has 0 aliphatic carbocycles. The van der Waals surface area contributed by atoms with Gasteiger partial charge in [0, 0.05) is 38.6 Å². The summed E-state index contributed by atoms with van der Waals surface area (Å²) in [5.74, 6) is 0.0692. The van der Waals surface area contributed by atoms with Gasteiger partial charge in [0.1, 0.15) is 0 Å². The Bertz CT molecular complexity index is 735. The summed E-state index contributed by atoms with van der Waals surface area (Å²) < 4.78 is 36.5. The lowest BCUT2D eigenvalue weighted by Crippen LogP contribution is -2.65. The number of aromatic nitrogens is 1. The number of sulfonamides is 1. The van der Waals surface area contributed by atoms with Gasteiger partial charge in [0.2, 0.25) is 10.0 Å². The molecule has 0 radical (unpaired) electrons. The van der Waals surface area contributed by atoms with Crippen LogP contribution in [0.3, 0.4) is 0 Å². The van der Waals surface area contributed by atoms with Crippen LogP contribution in [0.4, 0.5) is 0 Å². The van der Waals surface area contributed by atoms with Crippen LogP contribution >= 0.6 is 0 Å². The first-order valence-electron chi connectivity index (χ1n) is 9.30. The molecule has 1 aromatic rings. The third-order valence-electron chi connectivity index (χ3n) is 5.29. The molecule has 2 saturated heterocycles. The number of carbonyl (C=O) groups excluding carboxylic acids is 1. The monoisotopic (exact) mass is 397 g/mol. The summed E-state index contributed by atoms with van der Waals surface area (Å²) in [6.45, 7) is 3.34. The highest BCUT2D eigenvalue weighted by atomic mass is 32.2. The van der Waals surface area contributed by atoms with Crippen LogP contribution < -0.4 is 0 Å². The molecule has 2 fully saturated rings. The van der Waals surface area contributed by atoms with E-state index in [0.29, 0.717) is 39.1 Å². The maximum absolute atomic E-state index is 12.8. The molecule has 0 N–H and O–H groups in total. The SMILES string of the molecule is CCS(=O)(=O)N1CCC(N2C(=O)C(OCCOC)C2c2ccncc2)CC1. The van der Waals surface area contributed by atoms with Crippen molar-refractivity contribution in [2.24, 2.45) is 0 Å². The van der Waals surface area contributed by atoms with Crippen LogP contribution in [0, 0.1) is 0 Å². The second-order valence-electron chi connectivity index (χ2n) is 6.79. The molecule has 2 aliphatic heterocycles. The third-order valence-corrected chi connectivity index (χ3v) is 7.17. The van der Waals surface area contributed by atoms with Gasteiger partial charge in [-0.3, -0.25) is 9.78 Å². The number of hydrogen-bond donors (Lipinski definition) is 0. The number of nitrogens with zero attached hydrogens (tertiary/aromatic N) is 3. The van der Waals surface area contributed by atoms with Gasteiger partial charge in [0.25, 0.3) is 5.91 Å². The van der Waals surface area contributed by atoms with Crippen LogP contribution in [-0.2, 0) is 24.3 Å². The topological polar surface area (TPSA) is 89.0 Å². The van der Waals surface area contributed by atoms with Gasteiger partial charge >= 0.3 is 0 Å². The quantitative estimate of drug-likeness (QED) is 0.476. The summed E-state index contributed by atoms with van der Waals surface area (Å²) in [6.07, 6.45) is 4.16. The van der Waals surface area contributed by atoms with Gasteiger partial charge in [-0.25, -0.2) is 12.7 Å². The van der Waals surface area contributed by atoms with E-state index in [4.69, 9.17) is 9.47 Å². The van der Waals surface area contributed by atoms with E-state index < -0.39 is 16.1 Å². The minimum absolute atomic E-state index is 0.0150. The lowest BCUT2D eigenvalue weighted by atomic mass is 9.87. The molecule has 0 bridgehead atoms. The normalized spacial score (nSPS) is 24.8. The third kappa shape index (κ3) is 4.16. The van der Waals surface area contributed by atoms with Crippen molar-refractivity contribution >= 4 is 15.9 Å². The minimum Gasteiger partial charge on any atom is -0.382 e. The summed E-state index contributed by atoms with van der Waals surface area (Å²) in [5, 5.41) is 0. The summed E-state index contributed by atoms with van der Waals surface area (Å²) in [7, 11) is -1.59. The first-order chi connectivity index (χ1) is 13.0. The molecule has 27 heavy (non-hydrogen) atoms. The number of carbonyl (C=O) groups is 1. The molecular formula is C18H27N3O5S. The van der Waals surface area contributed by atoms with Crippen molar-refractivity contribution in [3.8, 4) is 0 Å². The second-order valence-corrected chi connectivity index (χ2v) is 9.04. The van der Waals surface area contributed by atoms with E-state index in [1.54, 1.807) is 26.4 Å². The Morgan fingerprint density at radius 2 is 1.85 bits per heavy atom. The molecule has 3 heterocycles. The fourth-order valence-electron chi connectivity index (χ4n) is 3.79. The van der Waals surface area contributed by atoms with Gasteiger partial charge in [0.05, 0.1) is 25.0 Å². The van der Waals surface area contributed by atoms with Gasteiger partial charge in [-0.1, -0.05) is 0 Å². The van der Waals surface area contributed by atoms with Crippen molar-refractivity contribution in [1.82, 2.24) is 14.2 Å². The lowest BCUT2D eigenvalue weighted by Gasteiger charge is -2.52. The fraction of sp³-hybridized carbons (Fsp3) is 0.667. The van der Waals surface area contributed by atoms with Crippen molar-refractivity contribution in [3.63, 3.8) is 0 Å². The van der Waals surface area contributed by atoms with Gasteiger partial charge in [-0.05, 0) is 37.5 Å². The number of pyridine rings is 1. The molecule has 3 rings (SSSR count). The van der Waals surface area contributed by atoms with Gasteiger partial charge < -0.3 is 14.4 Å². The van der Waals surface area contributed by atoms with Crippen molar-refractivity contribution in [2.75, 3.05) is 39.2 Å². The number of rotatable bonds is 8. The number of hydrogen-bond acceptors (Lipinski definition) is 6. The summed E-state index contributed by atoms with van der Waals surface area (Å²) in [5.41, 5.74) is 0.982. The van der Waals surface area contributed by atoms with E-state index in [-0.39, 0.29) is 23.7 Å². The van der Waals surface area contributed by atoms with E-state index >= 15 is 0 Å². The van der Waals surface area contributed by atoms with Gasteiger partial charge in [-0.2, -0.15) is 0 Å². The highest BCUT2D eigenvalue weighted by Gasteiger charge is 2.52. The van der Waals surface area contributed by atoms with Crippen LogP contribution in [0.5, 0.6) is 0 Å². The molecule has 1 aromatic heterocycles. The second kappa shape index (κ2) is 8.64. The fourth-order valence-corrected chi connectivity index (χ4v) is 4.92. The highest BCUT2D eigenvalue weighted by molar-refractivity contribution is 7.89. The number of methoxy groups -OCH3 is 1. The van der Waals surface area contributed by atoms with Crippen LogP contribution in [0.2, 0.25) is 0 Å². The predicted octanol–water partition coefficient (Wildman–Crippen LogP) is 0.811. The summed E-state index contributed by atoms with van der Waals surface area (Å²) in [6, 6.07) is 3.64. The van der Waals surface area contributed by atoms with Crippen LogP contribution in [0.15, 0.2) is 24.5 Å². The number of likely N-dealkylation sites (tertiary alicyclic amines) is 1. The first kappa shape index (κ1) is 20.2. The molecule has 2 unspecified atom stereocenters. The molecule has 1 amide bonds. The average Bonchev–Trinajstić information content (AvgIpc) is 2.70. The number of piperidine rings is 1. The van der Waals surface area contributed by atoms with Gasteiger partial charge in [-0.15, -0.1) is 0 Å². The predicted molar refractivity (Wildman–Crippen MR) is 99.5 cm³/mol. The minimum atomic E-state index is -3.18. The van der Waals surface area contributed by atoms with E-state index in [1.807, 2.05) is 17.0 Å². The summed E-state index contributed by atoms with van der Waals surface area (Å²) in [4.78, 5) is 18.7. The van der Waals surface area contributed by atoms with Crippen molar-refractivity contribution < 1.29 is 22.7 Å². The van der Waals surface area contributed by atoms with E-state index in [0.717, 1.165) is 5.56 Å². The van der Waals surface area contributed by atoms with E-state index in [1.165, 1.54) is 4.31 Å². The smallest absolute Gasteiger partial charge is 0.255 e. The van der Waals surface area contributed by atoms with Crippen molar-refractivity contribution in [3.05, 3.63) is 30.1 Å². The molecule has 0 aromatic carbocycles. The van der Waals surface area contributed by atoms with E-state index in [9.17, 15) is 13.2 Å². The Morgan fingerprint density at radius 1 is 1.19 bits per heavy atom. The molecule has 9 heteroatoms. The first-order valence-corrected chi connectivity index (χ1v) is 10.9. The van der Waals surface area contributed by atoms with Crippen molar-refractivity contribution in [1.29, 1.82) is 0 Å². The molecule has 2 aliphatic rings. The largest absolute Gasteiger partial charge is 0.382 e. The van der Waals surface area contributed by atoms with Gasteiger partial charge in [0.15, 0.2) is 6.10 Å². The number of β-lactam (4-membered cyclic amide) rings is 1. The zero-order valence-electron chi connectivity index (χ0n) is 15.8. The Morgan fingerprint density at radius 3 is 2.44 bits per heavy atom. The maximum Gasteiger partial charge on any atom is 0.255 e. The zero-order valence-corrected chi connectivity index (χ0v) is 16.6. The Hall–Kier alpha value is -1.55. The van der Waals surface area contributed by atoms with E-state index in [2.05, 4.69) is 4.98 Å². The summed E-state index contributed by atoms with van der Waals surface area (Å²) >= 11 is 0. The Balaban J connectivity index is 1.71.